The van der Waals surface area contributed by atoms with Crippen LogP contribution in [0.15, 0.2) is 0 Å². The van der Waals surface area contributed by atoms with Crippen molar-refractivity contribution < 1.29 is 136 Å². The van der Waals surface area contributed by atoms with Crippen LogP contribution < -0.4 is 0 Å². The van der Waals surface area contributed by atoms with Gasteiger partial charge in [-0.15, -0.1) is 0 Å². The van der Waals surface area contributed by atoms with Crippen molar-refractivity contribution in [2.45, 2.75) is 0 Å². The topological polar surface area (TPSA) is 256 Å². The molecule has 84 valence electrons. The molecule has 9 nitrogen and oxygen atoms in total. The maximum Gasteiger partial charge on any atom is 5.00 e. The molecule has 0 aliphatic carbocycles. The summed E-state index contributed by atoms with van der Waals surface area (Å²) in [6.07, 6.45) is 0. The second-order valence-electron chi connectivity index (χ2n) is 0. The Morgan fingerprint density at radius 1 is 0.231 bits per heavy atom. The summed E-state index contributed by atoms with van der Waals surface area (Å²) in [5.41, 5.74) is 0. The molecule has 0 fully saturated rings. The van der Waals surface area contributed by atoms with E-state index in [9.17, 15) is 0 Å². The molecule has 0 saturated carbocycles. The third kappa shape index (κ3) is 363. The molecule has 0 aromatic carbocycles. The summed E-state index contributed by atoms with van der Waals surface area (Å²) in [4.78, 5) is 0. The fourth-order valence-corrected chi connectivity index (χ4v) is 0. The second kappa shape index (κ2) is 424. The average molecular weight is 896 g/mol. The predicted molar refractivity (Wildman–Crippen MR) is 6.18 cm³/mol. The Bertz CT molecular complexity index is 15.6. The summed E-state index contributed by atoms with van der Waals surface area (Å²) in [5, 5.41) is 0. The fraction of sp³-hybridized carbons (Fsp3) is 0. The smallest absolute Gasteiger partial charge is 2.00 e. The van der Waals surface area contributed by atoms with Crippen LogP contribution in [0.5, 0.6) is 0 Å². The van der Waals surface area contributed by atoms with Crippen LogP contribution in [0.3, 0.4) is 0 Å². The van der Waals surface area contributed by atoms with E-state index < -0.39 is 0 Å². The molecular formula is O9Pt2Ta2. The van der Waals surface area contributed by atoms with Crippen molar-refractivity contribution in [2.75, 3.05) is 0 Å². The van der Waals surface area contributed by atoms with Crippen molar-refractivity contribution in [2.24, 2.45) is 0 Å². The van der Waals surface area contributed by atoms with Crippen LogP contribution in [0.4, 0.5) is 0 Å². The molecule has 0 aliphatic rings. The Hall–Kier alpha value is 2.50. The molecule has 0 rings (SSSR count). The van der Waals surface area contributed by atoms with Gasteiger partial charge in [0.05, 0.1) is 0 Å². The molecule has 0 amide bonds. The molecule has 0 atom stereocenters. The minimum atomic E-state index is 0. The average Bonchev–Trinajstić information content (AvgIpc) is 0. The Kier molecular flexibility index (Phi) is 17000. The summed E-state index contributed by atoms with van der Waals surface area (Å²) in [6, 6.07) is 0. The van der Waals surface area contributed by atoms with Crippen LogP contribution in [0, 0.1) is 0 Å². The zero-order valence-corrected chi connectivity index (χ0v) is 16.2. The summed E-state index contributed by atoms with van der Waals surface area (Å²) in [5.74, 6) is 0. The molecule has 0 aliphatic heterocycles. The zero-order chi connectivity index (χ0) is 0. The van der Waals surface area contributed by atoms with Crippen LogP contribution in [0.2, 0.25) is 0 Å². The monoisotopic (exact) mass is 896 g/mol. The van der Waals surface area contributed by atoms with Crippen LogP contribution in [0.25, 0.3) is 0 Å². The molecule has 0 N–H and O–H groups in total. The first-order valence-electron chi connectivity index (χ1n) is 0. The molecule has 0 aromatic heterocycles. The Labute approximate surface area is 135 Å². The fourth-order valence-electron chi connectivity index (χ4n) is 0. The second-order valence-corrected chi connectivity index (χ2v) is 0. The van der Waals surface area contributed by atoms with Gasteiger partial charge >= 0.3 is 86.9 Å². The van der Waals surface area contributed by atoms with Gasteiger partial charge in [0.1, 0.15) is 0 Å². The quantitative estimate of drug-likeness (QED) is 0.282. The molecule has 13 heteroatoms. The van der Waals surface area contributed by atoms with Crippen molar-refractivity contribution in [3.8, 4) is 0 Å². The zero-order valence-electron chi connectivity index (χ0n) is 5.20. The van der Waals surface area contributed by atoms with Gasteiger partial charge in [0.15, 0.2) is 0 Å². The van der Waals surface area contributed by atoms with Crippen LogP contribution in [-0.4, -0.2) is 0 Å². The molecule has 0 heterocycles. The summed E-state index contributed by atoms with van der Waals surface area (Å²) in [6.45, 7) is 0. The van der Waals surface area contributed by atoms with E-state index in [1.807, 2.05) is 0 Å². The number of hydrogen-bond donors (Lipinski definition) is 0. The minimum absolute atomic E-state index is 0. The maximum atomic E-state index is 0. The van der Waals surface area contributed by atoms with Crippen molar-refractivity contribution in [1.82, 2.24) is 0 Å². The molecule has 13 heavy (non-hydrogen) atoms. The van der Waals surface area contributed by atoms with Gasteiger partial charge in [-0.2, -0.15) is 0 Å². The first-order valence-corrected chi connectivity index (χ1v) is 0. The van der Waals surface area contributed by atoms with Crippen molar-refractivity contribution in [3.05, 3.63) is 0 Å². The van der Waals surface area contributed by atoms with Gasteiger partial charge < -0.3 is 49.3 Å². The van der Waals surface area contributed by atoms with Crippen molar-refractivity contribution in [3.63, 3.8) is 0 Å². The van der Waals surface area contributed by atoms with E-state index in [1.165, 1.54) is 0 Å². The van der Waals surface area contributed by atoms with E-state index in [0.29, 0.717) is 0 Å². The van der Waals surface area contributed by atoms with Crippen molar-refractivity contribution in [1.29, 1.82) is 0 Å². The van der Waals surface area contributed by atoms with Gasteiger partial charge in [-0.1, -0.05) is 0 Å². The molecule has 0 unspecified atom stereocenters. The van der Waals surface area contributed by atoms with E-state index in [-0.39, 0.29) is 136 Å². The van der Waals surface area contributed by atoms with E-state index in [4.69, 9.17) is 0 Å². The first kappa shape index (κ1) is 522. The predicted octanol–water partition coefficient (Wildman–Crippen LogP) is -1.08. The third-order valence-corrected chi connectivity index (χ3v) is 0. The van der Waals surface area contributed by atoms with Gasteiger partial charge in [0, 0.05) is 0 Å². The normalized spacial score (nSPS) is 0. The minimum Gasteiger partial charge on any atom is -2.00 e. The molecule has 0 radical (unpaired) electrons. The third-order valence-electron chi connectivity index (χ3n) is 0. The van der Waals surface area contributed by atoms with E-state index in [1.54, 1.807) is 0 Å². The number of rotatable bonds is 0. The Morgan fingerprint density at radius 2 is 0.231 bits per heavy atom. The van der Waals surface area contributed by atoms with Gasteiger partial charge in [0.25, 0.3) is 0 Å². The van der Waals surface area contributed by atoms with Crippen molar-refractivity contribution >= 4 is 0 Å². The molecule has 0 saturated heterocycles. The van der Waals surface area contributed by atoms with E-state index in [2.05, 4.69) is 0 Å². The van der Waals surface area contributed by atoms with Crippen LogP contribution in [0.1, 0.15) is 0 Å². The van der Waals surface area contributed by atoms with Crippen LogP contribution >= 0.6 is 0 Å². The van der Waals surface area contributed by atoms with Crippen LogP contribution in [-0.2, 0) is 136 Å². The van der Waals surface area contributed by atoms with Gasteiger partial charge in [0.2, 0.25) is 0 Å². The molecule has 0 bridgehead atoms. The summed E-state index contributed by atoms with van der Waals surface area (Å²) < 4.78 is 0. The number of hydrogen-bond acceptors (Lipinski definition) is 0. The van der Waals surface area contributed by atoms with Gasteiger partial charge in [-0.25, -0.2) is 0 Å². The van der Waals surface area contributed by atoms with Gasteiger partial charge in [-0.3, -0.25) is 0 Å². The molecular weight excluding hydrogens is 896 g/mol. The SMILES string of the molecule is [O-2].[O-2].[O-2].[O-2].[O-2].[O-2].[O-2].[O-2].[O-2].[Pt+4].[Pt+4].[Ta+5].[Ta+5]. The Morgan fingerprint density at radius 3 is 0.231 bits per heavy atom. The first-order chi connectivity index (χ1) is 0. The standard InChI is InChI=1S/9O.2Pt.2Ta/q9*-2;2*+4;2*+5. The molecule has 0 spiro atoms. The summed E-state index contributed by atoms with van der Waals surface area (Å²) in [7, 11) is 0. The summed E-state index contributed by atoms with van der Waals surface area (Å²) >= 11 is 0. The van der Waals surface area contributed by atoms with E-state index >= 15 is 0 Å². The molecule has 0 aromatic rings. The van der Waals surface area contributed by atoms with Gasteiger partial charge in [-0.05, 0) is 0 Å². The maximum absolute atomic E-state index is 0. The Balaban J connectivity index is 0. The largest absolute Gasteiger partial charge is 5.00 e. The van der Waals surface area contributed by atoms with E-state index in [0.717, 1.165) is 0 Å².